The molecule has 3 heterocycles. The molecule has 2 aliphatic heterocycles. The van der Waals surface area contributed by atoms with E-state index < -0.39 is 0 Å². The van der Waals surface area contributed by atoms with Gasteiger partial charge in [0.1, 0.15) is 12.0 Å². The second-order valence-corrected chi connectivity index (χ2v) is 8.06. The second-order valence-electron chi connectivity index (χ2n) is 8.06. The van der Waals surface area contributed by atoms with Gasteiger partial charge in [-0.1, -0.05) is 0 Å². The van der Waals surface area contributed by atoms with E-state index in [0.29, 0.717) is 12.8 Å². The fourth-order valence-electron chi connectivity index (χ4n) is 4.80. The summed E-state index contributed by atoms with van der Waals surface area (Å²) in [4.78, 5) is 31.3. The second kappa shape index (κ2) is 6.02. The quantitative estimate of drug-likeness (QED) is 0.779. The summed E-state index contributed by atoms with van der Waals surface area (Å²) >= 11 is 0. The summed E-state index contributed by atoms with van der Waals surface area (Å²) in [5.41, 5.74) is 4.71. The van der Waals surface area contributed by atoms with Gasteiger partial charge in [0, 0.05) is 44.5 Å². The molecule has 5 rings (SSSR count). The van der Waals surface area contributed by atoms with Gasteiger partial charge in [0.25, 0.3) is 0 Å². The molecule has 6 heteroatoms. The number of Topliss-reactive ketones (excluding diaryl/α,β-unsaturated/α-hetero) is 1. The van der Waals surface area contributed by atoms with Crippen LogP contribution in [-0.4, -0.2) is 41.5 Å². The average Bonchev–Trinajstić information content (AvgIpc) is 3.09. The Hall–Kier alpha value is -2.47. The predicted molar refractivity (Wildman–Crippen MR) is 100 cm³/mol. The third kappa shape index (κ3) is 2.62. The highest BCUT2D eigenvalue weighted by molar-refractivity contribution is 5.98. The molecule has 0 radical (unpaired) electrons. The maximum Gasteiger partial charge on any atom is 0.227 e. The third-order valence-electron chi connectivity index (χ3n) is 6.42. The lowest BCUT2D eigenvalue weighted by Gasteiger charge is -2.39. The fourth-order valence-corrected chi connectivity index (χ4v) is 4.80. The number of ketones is 1. The fraction of sp³-hybridized carbons (Fsp3) is 0.476. The number of aromatic nitrogens is 2. The maximum atomic E-state index is 13.0. The van der Waals surface area contributed by atoms with Gasteiger partial charge in [0.2, 0.25) is 5.91 Å². The third-order valence-corrected chi connectivity index (χ3v) is 6.42. The number of amides is 1. The molecule has 1 aliphatic carbocycles. The first-order valence-electron chi connectivity index (χ1n) is 9.63. The monoisotopic (exact) mass is 365 g/mol. The lowest BCUT2D eigenvalue weighted by atomic mass is 9.69. The van der Waals surface area contributed by atoms with Crippen molar-refractivity contribution in [3.8, 4) is 5.69 Å². The number of nitrogens with zero attached hydrogens (tertiary/aromatic N) is 3. The van der Waals surface area contributed by atoms with Crippen LogP contribution in [0.2, 0.25) is 0 Å². The van der Waals surface area contributed by atoms with Crippen molar-refractivity contribution in [1.82, 2.24) is 9.55 Å². The SMILES string of the molecule is CN1C(=O)CCc2cc(-n3cnc4c3C(=O)CC3(CCOCC3)C4)ccc21. The molecule has 1 saturated heterocycles. The molecule has 0 bridgehead atoms. The molecule has 0 unspecified atom stereocenters. The minimum atomic E-state index is 0.0282. The summed E-state index contributed by atoms with van der Waals surface area (Å²) in [6.07, 6.45) is 6.34. The molecule has 6 nitrogen and oxygen atoms in total. The summed E-state index contributed by atoms with van der Waals surface area (Å²) in [5.74, 6) is 0.327. The van der Waals surface area contributed by atoms with Crippen LogP contribution in [0.4, 0.5) is 5.69 Å². The number of carbonyl (C=O) groups excluding carboxylic acids is 2. The van der Waals surface area contributed by atoms with E-state index in [4.69, 9.17) is 4.74 Å². The first-order chi connectivity index (χ1) is 13.1. The van der Waals surface area contributed by atoms with E-state index >= 15 is 0 Å². The van der Waals surface area contributed by atoms with Gasteiger partial charge < -0.3 is 9.64 Å². The number of anilines is 1. The zero-order chi connectivity index (χ0) is 18.6. The van der Waals surface area contributed by atoms with Crippen molar-refractivity contribution >= 4 is 17.4 Å². The van der Waals surface area contributed by atoms with Crippen molar-refractivity contribution < 1.29 is 14.3 Å². The van der Waals surface area contributed by atoms with Crippen LogP contribution in [0, 0.1) is 5.41 Å². The number of aryl methyl sites for hydroxylation is 1. The van der Waals surface area contributed by atoms with Crippen molar-refractivity contribution in [2.75, 3.05) is 25.2 Å². The van der Waals surface area contributed by atoms with E-state index in [0.717, 1.165) is 67.2 Å². The summed E-state index contributed by atoms with van der Waals surface area (Å²) in [6, 6.07) is 6.04. The molecule has 0 atom stereocenters. The Morgan fingerprint density at radius 2 is 1.93 bits per heavy atom. The summed E-state index contributed by atoms with van der Waals surface area (Å²) in [7, 11) is 1.82. The Bertz CT molecular complexity index is 940. The first kappa shape index (κ1) is 16.7. The lowest BCUT2D eigenvalue weighted by Crippen LogP contribution is -2.38. The Kier molecular flexibility index (Phi) is 3.72. The normalized spacial score (nSPS) is 21.3. The predicted octanol–water partition coefficient (Wildman–Crippen LogP) is 2.71. The minimum Gasteiger partial charge on any atom is -0.381 e. The van der Waals surface area contributed by atoms with Gasteiger partial charge in [-0.25, -0.2) is 4.98 Å². The van der Waals surface area contributed by atoms with Crippen molar-refractivity contribution in [3.05, 3.63) is 41.5 Å². The van der Waals surface area contributed by atoms with Gasteiger partial charge in [0.15, 0.2) is 5.78 Å². The summed E-state index contributed by atoms with van der Waals surface area (Å²) < 4.78 is 7.43. The number of benzene rings is 1. The molecular weight excluding hydrogens is 342 g/mol. The molecule has 1 spiro atoms. The Balaban J connectivity index is 1.52. The molecule has 27 heavy (non-hydrogen) atoms. The van der Waals surface area contributed by atoms with E-state index in [1.165, 1.54) is 0 Å². The zero-order valence-electron chi connectivity index (χ0n) is 15.5. The Labute approximate surface area is 158 Å². The van der Waals surface area contributed by atoms with E-state index in [1.807, 2.05) is 23.7 Å². The highest BCUT2D eigenvalue weighted by Gasteiger charge is 2.42. The summed E-state index contributed by atoms with van der Waals surface area (Å²) in [6.45, 7) is 1.47. The van der Waals surface area contributed by atoms with Crippen LogP contribution >= 0.6 is 0 Å². The van der Waals surface area contributed by atoms with Crippen molar-refractivity contribution in [3.63, 3.8) is 0 Å². The number of carbonyl (C=O) groups is 2. The van der Waals surface area contributed by atoms with Crippen LogP contribution < -0.4 is 4.90 Å². The smallest absolute Gasteiger partial charge is 0.227 e. The number of fused-ring (bicyclic) bond motifs is 2. The van der Waals surface area contributed by atoms with Crippen LogP contribution in [0.15, 0.2) is 24.5 Å². The van der Waals surface area contributed by atoms with Gasteiger partial charge in [0.05, 0.1) is 5.69 Å². The highest BCUT2D eigenvalue weighted by atomic mass is 16.5. The molecule has 140 valence electrons. The average molecular weight is 365 g/mol. The Morgan fingerprint density at radius 3 is 2.74 bits per heavy atom. The van der Waals surface area contributed by atoms with E-state index in [2.05, 4.69) is 11.1 Å². The van der Waals surface area contributed by atoms with Crippen molar-refractivity contribution in [2.45, 2.75) is 38.5 Å². The van der Waals surface area contributed by atoms with E-state index in [-0.39, 0.29) is 17.1 Å². The topological polar surface area (TPSA) is 64.4 Å². The zero-order valence-corrected chi connectivity index (χ0v) is 15.5. The molecular formula is C21H23N3O3. The van der Waals surface area contributed by atoms with Crippen molar-refractivity contribution in [2.24, 2.45) is 5.41 Å². The number of rotatable bonds is 1. The Morgan fingerprint density at radius 1 is 1.11 bits per heavy atom. The molecule has 1 aromatic heterocycles. The molecule has 1 fully saturated rings. The van der Waals surface area contributed by atoms with Gasteiger partial charge in [-0.2, -0.15) is 0 Å². The van der Waals surface area contributed by atoms with Crippen LogP contribution in [-0.2, 0) is 22.4 Å². The number of ether oxygens (including phenoxy) is 1. The van der Waals surface area contributed by atoms with Crippen LogP contribution in [0.1, 0.15) is 47.4 Å². The largest absolute Gasteiger partial charge is 0.381 e. The molecule has 1 aromatic carbocycles. The first-order valence-corrected chi connectivity index (χ1v) is 9.63. The van der Waals surface area contributed by atoms with Crippen LogP contribution in [0.3, 0.4) is 0 Å². The van der Waals surface area contributed by atoms with E-state index in [1.54, 1.807) is 11.2 Å². The van der Waals surface area contributed by atoms with Gasteiger partial charge in [-0.05, 0) is 54.9 Å². The molecule has 0 saturated carbocycles. The summed E-state index contributed by atoms with van der Waals surface area (Å²) in [5, 5.41) is 0. The van der Waals surface area contributed by atoms with Crippen LogP contribution in [0.25, 0.3) is 5.69 Å². The minimum absolute atomic E-state index is 0.0282. The molecule has 0 N–H and O–H groups in total. The molecule has 1 amide bonds. The lowest BCUT2D eigenvalue weighted by molar-refractivity contribution is -0.118. The maximum absolute atomic E-state index is 13.0. The van der Waals surface area contributed by atoms with Gasteiger partial charge >= 0.3 is 0 Å². The number of hydrogen-bond acceptors (Lipinski definition) is 4. The highest BCUT2D eigenvalue weighted by Crippen LogP contribution is 2.43. The van der Waals surface area contributed by atoms with Crippen LogP contribution in [0.5, 0.6) is 0 Å². The van der Waals surface area contributed by atoms with Gasteiger partial charge in [-0.3, -0.25) is 14.2 Å². The van der Waals surface area contributed by atoms with E-state index in [9.17, 15) is 9.59 Å². The molecule has 2 aromatic rings. The van der Waals surface area contributed by atoms with Crippen molar-refractivity contribution in [1.29, 1.82) is 0 Å². The number of hydrogen-bond donors (Lipinski definition) is 0. The standard InChI is InChI=1S/C21H23N3O3/c1-23-17-4-3-15(10-14(17)2-5-19(23)26)24-13-22-16-11-21(6-8-27-9-7-21)12-18(25)20(16)24/h3-4,10,13H,2,5-9,11-12H2,1H3. The molecule has 3 aliphatic rings. The van der Waals surface area contributed by atoms with Gasteiger partial charge in [-0.15, -0.1) is 0 Å². The number of imidazole rings is 1.